The molecule has 0 radical (unpaired) electrons. The van der Waals surface area contributed by atoms with E-state index in [9.17, 15) is 0 Å². The molecule has 2 nitrogen and oxygen atoms in total. The summed E-state index contributed by atoms with van der Waals surface area (Å²) in [5.41, 5.74) is 0.400. The van der Waals surface area contributed by atoms with E-state index in [0.717, 1.165) is 23.2 Å². The molecule has 1 N–H and O–H groups in total. The SMILES string of the molecule is CCCNC(c1occc1Br)C1CCCC1(C)C. The molecule has 2 rings (SSSR count). The van der Waals surface area contributed by atoms with Crippen molar-refractivity contribution in [2.75, 3.05) is 6.54 Å². The number of hydrogen-bond donors (Lipinski definition) is 1. The molecule has 0 aliphatic heterocycles. The molecule has 3 heteroatoms. The van der Waals surface area contributed by atoms with E-state index >= 15 is 0 Å². The highest BCUT2D eigenvalue weighted by molar-refractivity contribution is 9.10. The molecule has 0 spiro atoms. The molecule has 0 aromatic carbocycles. The second-order valence-corrected chi connectivity index (χ2v) is 6.91. The molecule has 1 saturated carbocycles. The van der Waals surface area contributed by atoms with Gasteiger partial charge in [-0.15, -0.1) is 0 Å². The lowest BCUT2D eigenvalue weighted by molar-refractivity contribution is 0.180. The molecule has 1 aromatic heterocycles. The van der Waals surface area contributed by atoms with E-state index < -0.39 is 0 Å². The monoisotopic (exact) mass is 313 g/mol. The first-order valence-electron chi connectivity index (χ1n) is 7.02. The van der Waals surface area contributed by atoms with E-state index in [0.29, 0.717) is 17.4 Å². The molecule has 1 fully saturated rings. The Balaban J connectivity index is 2.23. The third kappa shape index (κ3) is 2.83. The number of rotatable bonds is 5. The van der Waals surface area contributed by atoms with E-state index in [1.165, 1.54) is 19.3 Å². The molecule has 2 unspecified atom stereocenters. The van der Waals surface area contributed by atoms with Gasteiger partial charge in [0, 0.05) is 0 Å². The molecule has 0 bridgehead atoms. The molecule has 1 aromatic rings. The summed E-state index contributed by atoms with van der Waals surface area (Å²) in [4.78, 5) is 0. The minimum Gasteiger partial charge on any atom is -0.466 e. The van der Waals surface area contributed by atoms with E-state index in [1.54, 1.807) is 6.26 Å². The van der Waals surface area contributed by atoms with Gasteiger partial charge in [0.25, 0.3) is 0 Å². The number of furan rings is 1. The largest absolute Gasteiger partial charge is 0.466 e. The molecule has 0 amide bonds. The van der Waals surface area contributed by atoms with Gasteiger partial charge < -0.3 is 9.73 Å². The van der Waals surface area contributed by atoms with Gasteiger partial charge in [0.1, 0.15) is 5.76 Å². The van der Waals surface area contributed by atoms with Gasteiger partial charge in [0.15, 0.2) is 0 Å². The fraction of sp³-hybridized carbons (Fsp3) is 0.733. The minimum absolute atomic E-state index is 0.340. The highest BCUT2D eigenvalue weighted by Crippen LogP contribution is 2.49. The summed E-state index contributed by atoms with van der Waals surface area (Å²) >= 11 is 3.61. The highest BCUT2D eigenvalue weighted by atomic mass is 79.9. The number of halogens is 1. The van der Waals surface area contributed by atoms with Crippen LogP contribution in [0.5, 0.6) is 0 Å². The summed E-state index contributed by atoms with van der Waals surface area (Å²) in [7, 11) is 0. The summed E-state index contributed by atoms with van der Waals surface area (Å²) in [6.07, 6.45) is 6.88. The van der Waals surface area contributed by atoms with Crippen molar-refractivity contribution in [3.63, 3.8) is 0 Å². The Morgan fingerprint density at radius 2 is 2.33 bits per heavy atom. The Morgan fingerprint density at radius 3 is 2.83 bits per heavy atom. The Bertz CT molecular complexity index is 386. The lowest BCUT2D eigenvalue weighted by Crippen LogP contribution is -2.34. The maximum absolute atomic E-state index is 5.72. The second-order valence-electron chi connectivity index (χ2n) is 6.05. The van der Waals surface area contributed by atoms with Crippen molar-refractivity contribution < 1.29 is 4.42 Å². The van der Waals surface area contributed by atoms with Crippen LogP contribution in [0.25, 0.3) is 0 Å². The third-order valence-electron chi connectivity index (χ3n) is 4.28. The summed E-state index contributed by atoms with van der Waals surface area (Å²) in [5, 5.41) is 3.69. The minimum atomic E-state index is 0.340. The number of nitrogens with one attached hydrogen (secondary N) is 1. The standard InChI is InChI=1S/C15H24BrNO/c1-4-9-17-13(14-12(16)7-10-18-14)11-6-5-8-15(11,2)3/h7,10-11,13,17H,4-6,8-9H2,1-3H3. The summed E-state index contributed by atoms with van der Waals surface area (Å²) in [6, 6.07) is 2.34. The molecular formula is C15H24BrNO. The molecule has 1 aliphatic rings. The fourth-order valence-electron chi connectivity index (χ4n) is 3.22. The highest BCUT2D eigenvalue weighted by Gasteiger charge is 2.41. The third-order valence-corrected chi connectivity index (χ3v) is 4.94. The Hall–Kier alpha value is -0.280. The van der Waals surface area contributed by atoms with Crippen molar-refractivity contribution in [2.45, 2.75) is 52.5 Å². The second kappa shape index (κ2) is 5.79. The van der Waals surface area contributed by atoms with Gasteiger partial charge in [0.2, 0.25) is 0 Å². The maximum atomic E-state index is 5.72. The van der Waals surface area contributed by atoms with Gasteiger partial charge in [-0.1, -0.05) is 27.2 Å². The summed E-state index contributed by atoms with van der Waals surface area (Å²) in [5.74, 6) is 1.73. The zero-order valence-corrected chi connectivity index (χ0v) is 13.2. The van der Waals surface area contributed by atoms with Crippen LogP contribution in [0.2, 0.25) is 0 Å². The van der Waals surface area contributed by atoms with Crippen LogP contribution in [0.15, 0.2) is 21.2 Å². The molecule has 1 aliphatic carbocycles. The Kier molecular flexibility index (Phi) is 4.54. The van der Waals surface area contributed by atoms with Crippen LogP contribution in [0, 0.1) is 11.3 Å². The quantitative estimate of drug-likeness (QED) is 0.835. The first-order chi connectivity index (χ1) is 8.56. The van der Waals surface area contributed by atoms with Gasteiger partial charge >= 0.3 is 0 Å². The van der Waals surface area contributed by atoms with Crippen LogP contribution in [0.3, 0.4) is 0 Å². The Labute approximate surface area is 119 Å². The fourth-order valence-corrected chi connectivity index (χ4v) is 3.66. The summed E-state index contributed by atoms with van der Waals surface area (Å²) < 4.78 is 6.82. The number of hydrogen-bond acceptors (Lipinski definition) is 2. The van der Waals surface area contributed by atoms with Crippen molar-refractivity contribution in [3.05, 3.63) is 22.6 Å². The van der Waals surface area contributed by atoms with Crippen LogP contribution in [0.1, 0.15) is 58.3 Å². The van der Waals surface area contributed by atoms with E-state index in [-0.39, 0.29) is 0 Å². The first kappa shape index (κ1) is 14.1. The van der Waals surface area contributed by atoms with Crippen LogP contribution < -0.4 is 5.32 Å². The topological polar surface area (TPSA) is 25.2 Å². The van der Waals surface area contributed by atoms with E-state index in [1.807, 2.05) is 6.07 Å². The molecule has 0 saturated heterocycles. The van der Waals surface area contributed by atoms with Gasteiger partial charge in [-0.05, 0) is 59.1 Å². The van der Waals surface area contributed by atoms with Gasteiger partial charge in [-0.25, -0.2) is 0 Å². The van der Waals surface area contributed by atoms with Crippen molar-refractivity contribution in [3.8, 4) is 0 Å². The first-order valence-corrected chi connectivity index (χ1v) is 7.82. The average Bonchev–Trinajstić information content (AvgIpc) is 2.87. The lowest BCUT2D eigenvalue weighted by Gasteiger charge is -2.34. The maximum Gasteiger partial charge on any atom is 0.135 e. The molecule has 1 heterocycles. The van der Waals surface area contributed by atoms with Crippen molar-refractivity contribution in [1.82, 2.24) is 5.32 Å². The van der Waals surface area contributed by atoms with Gasteiger partial charge in [-0.3, -0.25) is 0 Å². The Morgan fingerprint density at radius 1 is 1.56 bits per heavy atom. The zero-order valence-electron chi connectivity index (χ0n) is 11.6. The van der Waals surface area contributed by atoms with Crippen LogP contribution in [-0.2, 0) is 0 Å². The summed E-state index contributed by atoms with van der Waals surface area (Å²) in [6.45, 7) is 8.04. The van der Waals surface area contributed by atoms with Crippen LogP contribution in [0.4, 0.5) is 0 Å². The van der Waals surface area contributed by atoms with Crippen LogP contribution >= 0.6 is 15.9 Å². The van der Waals surface area contributed by atoms with Crippen molar-refractivity contribution >= 4 is 15.9 Å². The van der Waals surface area contributed by atoms with Gasteiger partial charge in [0.05, 0.1) is 16.8 Å². The van der Waals surface area contributed by atoms with Crippen molar-refractivity contribution in [1.29, 1.82) is 0 Å². The zero-order chi connectivity index (χ0) is 13.2. The predicted octanol–water partition coefficient (Wildman–Crippen LogP) is 4.91. The molecule has 2 atom stereocenters. The van der Waals surface area contributed by atoms with E-state index in [2.05, 4.69) is 42.0 Å². The van der Waals surface area contributed by atoms with Crippen LogP contribution in [-0.4, -0.2) is 6.54 Å². The predicted molar refractivity (Wildman–Crippen MR) is 78.6 cm³/mol. The smallest absolute Gasteiger partial charge is 0.135 e. The molecule has 18 heavy (non-hydrogen) atoms. The van der Waals surface area contributed by atoms with Crippen molar-refractivity contribution in [2.24, 2.45) is 11.3 Å². The lowest BCUT2D eigenvalue weighted by atomic mass is 9.76. The van der Waals surface area contributed by atoms with E-state index in [4.69, 9.17) is 4.42 Å². The van der Waals surface area contributed by atoms with Gasteiger partial charge in [-0.2, -0.15) is 0 Å². The normalized spacial score (nSPS) is 24.3. The molecule has 102 valence electrons. The average molecular weight is 314 g/mol. The molecular weight excluding hydrogens is 290 g/mol.